The fourth-order valence-electron chi connectivity index (χ4n) is 2.09. The van der Waals surface area contributed by atoms with Crippen LogP contribution in [-0.2, 0) is 0 Å². The highest BCUT2D eigenvalue weighted by atomic mass is 32.2. The number of amides is 1. The molecule has 1 atom stereocenters. The van der Waals surface area contributed by atoms with Crippen LogP contribution in [0.3, 0.4) is 0 Å². The topological polar surface area (TPSA) is 55.1 Å². The van der Waals surface area contributed by atoms with E-state index in [0.717, 1.165) is 16.0 Å². The van der Waals surface area contributed by atoms with E-state index in [1.54, 1.807) is 11.8 Å². The quantitative estimate of drug-likeness (QED) is 0.802. The van der Waals surface area contributed by atoms with E-state index in [0.29, 0.717) is 12.5 Å². The van der Waals surface area contributed by atoms with Gasteiger partial charge in [-0.1, -0.05) is 6.07 Å². The Morgan fingerprint density at radius 2 is 2.28 bits per heavy atom. The summed E-state index contributed by atoms with van der Waals surface area (Å²) in [5, 5.41) is 3.06. The average Bonchev–Trinajstić information content (AvgIpc) is 3.20. The molecule has 2 rings (SSSR count). The predicted molar refractivity (Wildman–Crippen MR) is 76.0 cm³/mol. The van der Waals surface area contributed by atoms with Crippen LogP contribution in [0.2, 0.25) is 0 Å². The number of benzene rings is 1. The molecular weight excluding hydrogens is 244 g/mol. The minimum Gasteiger partial charge on any atom is -0.348 e. The summed E-state index contributed by atoms with van der Waals surface area (Å²) >= 11 is 1.65. The van der Waals surface area contributed by atoms with E-state index in [2.05, 4.69) is 5.32 Å². The van der Waals surface area contributed by atoms with E-state index in [-0.39, 0.29) is 11.9 Å². The molecule has 0 saturated heterocycles. The Balaban J connectivity index is 2.11. The highest BCUT2D eigenvalue weighted by Crippen LogP contribution is 2.32. The van der Waals surface area contributed by atoms with Crippen molar-refractivity contribution in [3.63, 3.8) is 0 Å². The van der Waals surface area contributed by atoms with Gasteiger partial charge in [0.05, 0.1) is 0 Å². The number of hydrogen-bond acceptors (Lipinski definition) is 3. The number of thioether (sulfide) groups is 1. The lowest BCUT2D eigenvalue weighted by atomic mass is 10.1. The number of hydrogen-bond donors (Lipinski definition) is 2. The number of aryl methyl sites for hydroxylation is 1. The maximum absolute atomic E-state index is 12.3. The number of rotatable bonds is 5. The lowest BCUT2D eigenvalue weighted by molar-refractivity contribution is 0.0932. The molecule has 4 heteroatoms. The van der Waals surface area contributed by atoms with E-state index < -0.39 is 0 Å². The van der Waals surface area contributed by atoms with Crippen LogP contribution >= 0.6 is 11.8 Å². The first kappa shape index (κ1) is 13.4. The number of nitrogens with one attached hydrogen (secondary N) is 1. The predicted octanol–water partition coefficient (Wildman–Crippen LogP) is 2.18. The highest BCUT2D eigenvalue weighted by molar-refractivity contribution is 7.98. The van der Waals surface area contributed by atoms with Gasteiger partial charge in [0.2, 0.25) is 0 Å². The molecule has 0 spiro atoms. The molecule has 1 unspecified atom stereocenters. The summed E-state index contributed by atoms with van der Waals surface area (Å²) < 4.78 is 0. The molecule has 1 fully saturated rings. The van der Waals surface area contributed by atoms with Gasteiger partial charge < -0.3 is 11.1 Å². The van der Waals surface area contributed by atoms with Gasteiger partial charge in [0, 0.05) is 23.0 Å². The molecule has 0 radical (unpaired) electrons. The first-order chi connectivity index (χ1) is 8.65. The summed E-state index contributed by atoms with van der Waals surface area (Å²) in [6, 6.07) is 6.12. The normalized spacial score (nSPS) is 16.4. The number of nitrogens with two attached hydrogens (primary N) is 1. The molecule has 1 aromatic carbocycles. The van der Waals surface area contributed by atoms with Gasteiger partial charge in [0.15, 0.2) is 0 Å². The van der Waals surface area contributed by atoms with Gasteiger partial charge in [0.25, 0.3) is 5.91 Å². The van der Waals surface area contributed by atoms with Crippen molar-refractivity contribution in [2.75, 3.05) is 12.8 Å². The molecule has 1 aliphatic carbocycles. The third-order valence-corrected chi connectivity index (χ3v) is 4.18. The lowest BCUT2D eigenvalue weighted by Gasteiger charge is -2.17. The molecule has 1 amide bonds. The molecule has 1 saturated carbocycles. The minimum atomic E-state index is 0.00532. The maximum atomic E-state index is 12.3. The van der Waals surface area contributed by atoms with Gasteiger partial charge >= 0.3 is 0 Å². The van der Waals surface area contributed by atoms with Crippen LogP contribution in [0.1, 0.15) is 28.8 Å². The fraction of sp³-hybridized carbons (Fsp3) is 0.500. The summed E-state index contributed by atoms with van der Waals surface area (Å²) in [7, 11) is 0. The molecular formula is C14H20N2OS. The smallest absolute Gasteiger partial charge is 0.251 e. The van der Waals surface area contributed by atoms with Gasteiger partial charge in [0.1, 0.15) is 0 Å². The standard InChI is InChI=1S/C14H20N2OS/c1-9-3-6-11(18-2)7-12(9)14(17)16-13(8-15)10-4-5-10/h3,6-7,10,13H,4-5,8,15H2,1-2H3,(H,16,17). The average molecular weight is 264 g/mol. The van der Waals surface area contributed by atoms with E-state index in [4.69, 9.17) is 5.73 Å². The summed E-state index contributed by atoms with van der Waals surface area (Å²) in [6.07, 6.45) is 4.39. The zero-order chi connectivity index (χ0) is 13.1. The van der Waals surface area contributed by atoms with E-state index >= 15 is 0 Å². The molecule has 3 N–H and O–H groups in total. The largest absolute Gasteiger partial charge is 0.348 e. The molecule has 1 aromatic rings. The van der Waals surface area contributed by atoms with Crippen molar-refractivity contribution in [2.45, 2.75) is 30.7 Å². The second-order valence-electron chi connectivity index (χ2n) is 4.83. The summed E-state index contributed by atoms with van der Waals surface area (Å²) in [4.78, 5) is 13.4. The summed E-state index contributed by atoms with van der Waals surface area (Å²) in [5.74, 6) is 0.591. The van der Waals surface area contributed by atoms with Gasteiger partial charge in [-0.05, 0) is 49.6 Å². The Morgan fingerprint density at radius 3 is 2.83 bits per heavy atom. The maximum Gasteiger partial charge on any atom is 0.251 e. The molecule has 18 heavy (non-hydrogen) atoms. The molecule has 0 aliphatic heterocycles. The van der Waals surface area contributed by atoms with Gasteiger partial charge in [-0.2, -0.15) is 0 Å². The molecule has 1 aliphatic rings. The van der Waals surface area contributed by atoms with Crippen molar-refractivity contribution in [1.29, 1.82) is 0 Å². The van der Waals surface area contributed by atoms with E-state index in [9.17, 15) is 4.79 Å². The monoisotopic (exact) mass is 264 g/mol. The number of carbonyl (C=O) groups is 1. The Morgan fingerprint density at radius 1 is 1.56 bits per heavy atom. The van der Waals surface area contributed by atoms with E-state index in [1.165, 1.54) is 12.8 Å². The van der Waals surface area contributed by atoms with Crippen molar-refractivity contribution in [3.05, 3.63) is 29.3 Å². The summed E-state index contributed by atoms with van der Waals surface area (Å²) in [6.45, 7) is 2.49. The second-order valence-corrected chi connectivity index (χ2v) is 5.71. The Bertz CT molecular complexity index is 443. The SMILES string of the molecule is CSc1ccc(C)c(C(=O)NC(CN)C2CC2)c1. The molecule has 98 valence electrons. The van der Waals surface area contributed by atoms with Crippen molar-refractivity contribution in [3.8, 4) is 0 Å². The molecule has 0 aromatic heterocycles. The van der Waals surface area contributed by atoms with Crippen LogP contribution in [0.4, 0.5) is 0 Å². The highest BCUT2D eigenvalue weighted by Gasteiger charge is 2.31. The van der Waals surface area contributed by atoms with Crippen LogP contribution in [0.5, 0.6) is 0 Å². The Kier molecular flexibility index (Phi) is 4.30. The molecule has 0 heterocycles. The van der Waals surface area contributed by atoms with Crippen molar-refractivity contribution >= 4 is 17.7 Å². The third kappa shape index (κ3) is 3.06. The van der Waals surface area contributed by atoms with Gasteiger partial charge in [-0.15, -0.1) is 11.8 Å². The van der Waals surface area contributed by atoms with Gasteiger partial charge in [-0.25, -0.2) is 0 Å². The second kappa shape index (κ2) is 5.76. The van der Waals surface area contributed by atoms with Crippen LogP contribution in [0.15, 0.2) is 23.1 Å². The van der Waals surface area contributed by atoms with Gasteiger partial charge in [-0.3, -0.25) is 4.79 Å². The fourth-order valence-corrected chi connectivity index (χ4v) is 2.53. The first-order valence-corrected chi connectivity index (χ1v) is 7.53. The lowest BCUT2D eigenvalue weighted by Crippen LogP contribution is -2.41. The van der Waals surface area contributed by atoms with Crippen molar-refractivity contribution in [1.82, 2.24) is 5.32 Å². The summed E-state index contributed by atoms with van der Waals surface area (Å²) in [5.41, 5.74) is 7.49. The third-order valence-electron chi connectivity index (χ3n) is 3.45. The Hall–Kier alpha value is -1.00. The zero-order valence-electron chi connectivity index (χ0n) is 10.9. The van der Waals surface area contributed by atoms with Crippen molar-refractivity contribution in [2.24, 2.45) is 11.7 Å². The van der Waals surface area contributed by atoms with Crippen LogP contribution in [-0.4, -0.2) is 24.7 Å². The van der Waals surface area contributed by atoms with E-state index in [1.807, 2.05) is 31.4 Å². The minimum absolute atomic E-state index is 0.00532. The Labute approximate surface area is 113 Å². The molecule has 0 bridgehead atoms. The van der Waals surface area contributed by atoms with Crippen LogP contribution in [0.25, 0.3) is 0 Å². The van der Waals surface area contributed by atoms with Crippen LogP contribution in [0, 0.1) is 12.8 Å². The first-order valence-electron chi connectivity index (χ1n) is 6.31. The molecule has 3 nitrogen and oxygen atoms in total. The zero-order valence-corrected chi connectivity index (χ0v) is 11.7. The van der Waals surface area contributed by atoms with Crippen molar-refractivity contribution < 1.29 is 4.79 Å². The number of carbonyl (C=O) groups excluding carboxylic acids is 1. The van der Waals surface area contributed by atoms with Crippen LogP contribution < -0.4 is 11.1 Å².